The van der Waals surface area contributed by atoms with Crippen LogP contribution in [0, 0.1) is 5.92 Å². The molecule has 2 atom stereocenters. The van der Waals surface area contributed by atoms with Gasteiger partial charge in [-0.1, -0.05) is 30.3 Å². The molecule has 7 nitrogen and oxygen atoms in total. The van der Waals surface area contributed by atoms with Crippen molar-refractivity contribution in [3.63, 3.8) is 0 Å². The zero-order valence-electron chi connectivity index (χ0n) is 14.1. The summed E-state index contributed by atoms with van der Waals surface area (Å²) in [5, 5.41) is 22.2. The van der Waals surface area contributed by atoms with Crippen LogP contribution >= 0.6 is 0 Å². The fourth-order valence-corrected chi connectivity index (χ4v) is 2.59. The highest BCUT2D eigenvalue weighted by Gasteiger charge is 2.27. The van der Waals surface area contributed by atoms with Crippen molar-refractivity contribution < 1.29 is 27.6 Å². The van der Waals surface area contributed by atoms with Crippen molar-refractivity contribution >= 4 is 16.0 Å². The number of benzene rings is 1. The third-order valence-electron chi connectivity index (χ3n) is 3.16. The Morgan fingerprint density at radius 2 is 1.88 bits per heavy atom. The van der Waals surface area contributed by atoms with Crippen LogP contribution in [0.4, 0.5) is 0 Å². The molecule has 1 aromatic carbocycles. The molecule has 0 aromatic heterocycles. The monoisotopic (exact) mass is 359 g/mol. The van der Waals surface area contributed by atoms with Gasteiger partial charge in [0, 0.05) is 5.92 Å². The van der Waals surface area contributed by atoms with E-state index in [-0.39, 0.29) is 6.42 Å². The Labute approximate surface area is 142 Å². The molecule has 0 aliphatic carbocycles. The van der Waals surface area contributed by atoms with Crippen LogP contribution in [-0.4, -0.2) is 49.2 Å². The summed E-state index contributed by atoms with van der Waals surface area (Å²) in [6, 6.07) is 9.23. The fourth-order valence-electron chi connectivity index (χ4n) is 2.18. The average molecular weight is 359 g/mol. The number of carbonyl (C=O) groups is 1. The van der Waals surface area contributed by atoms with E-state index in [1.807, 2.05) is 30.3 Å². The lowest BCUT2D eigenvalue weighted by atomic mass is 9.92. The van der Waals surface area contributed by atoms with Crippen LogP contribution < -0.4 is 5.32 Å². The van der Waals surface area contributed by atoms with Gasteiger partial charge in [0.25, 0.3) is 10.1 Å². The van der Waals surface area contributed by atoms with Gasteiger partial charge in [-0.05, 0) is 32.3 Å². The normalized spacial score (nSPS) is 14.9. The maximum Gasteiger partial charge on any atom is 0.264 e. The smallest absolute Gasteiger partial charge is 0.264 e. The molecule has 0 aliphatic heterocycles. The van der Waals surface area contributed by atoms with Crippen molar-refractivity contribution in [2.75, 3.05) is 12.9 Å². The SMILES string of the molecule is CC(C)(O)NC(=O)C(Cc1ccccc1)CC(O)COS(C)(=O)=O. The molecule has 1 amide bonds. The molecule has 0 bridgehead atoms. The molecule has 136 valence electrons. The van der Waals surface area contributed by atoms with E-state index in [0.29, 0.717) is 6.42 Å². The molecular formula is C16H25NO6S. The van der Waals surface area contributed by atoms with E-state index in [9.17, 15) is 23.4 Å². The van der Waals surface area contributed by atoms with Crippen molar-refractivity contribution in [3.05, 3.63) is 35.9 Å². The van der Waals surface area contributed by atoms with E-state index in [1.54, 1.807) is 0 Å². The number of aliphatic hydroxyl groups excluding tert-OH is 1. The van der Waals surface area contributed by atoms with E-state index in [4.69, 9.17) is 0 Å². The van der Waals surface area contributed by atoms with Gasteiger partial charge in [-0.25, -0.2) is 0 Å². The first-order valence-corrected chi connectivity index (χ1v) is 9.39. The Kier molecular flexibility index (Phi) is 7.34. The number of nitrogens with one attached hydrogen (secondary N) is 1. The van der Waals surface area contributed by atoms with Crippen LogP contribution in [0.1, 0.15) is 25.8 Å². The van der Waals surface area contributed by atoms with Crippen LogP contribution in [0.15, 0.2) is 30.3 Å². The van der Waals surface area contributed by atoms with E-state index in [1.165, 1.54) is 13.8 Å². The Bertz CT molecular complexity index is 624. The first-order valence-electron chi connectivity index (χ1n) is 7.57. The lowest BCUT2D eigenvalue weighted by molar-refractivity contribution is -0.132. The van der Waals surface area contributed by atoms with E-state index < -0.39 is 40.4 Å². The van der Waals surface area contributed by atoms with Gasteiger partial charge in [-0.15, -0.1) is 0 Å². The zero-order chi connectivity index (χ0) is 18.4. The second kappa shape index (κ2) is 8.57. The summed E-state index contributed by atoms with van der Waals surface area (Å²) in [7, 11) is -3.66. The van der Waals surface area contributed by atoms with Crippen LogP contribution in [-0.2, 0) is 25.5 Å². The minimum absolute atomic E-state index is 0.00628. The van der Waals surface area contributed by atoms with E-state index in [2.05, 4.69) is 9.50 Å². The highest BCUT2D eigenvalue weighted by Crippen LogP contribution is 2.17. The van der Waals surface area contributed by atoms with Crippen molar-refractivity contribution in [2.45, 2.75) is 38.5 Å². The standard InChI is InChI=1S/C16H25NO6S/c1-16(2,20)17-15(19)13(9-12-7-5-4-6-8-12)10-14(18)11-23-24(3,21)22/h4-8,13-14,18,20H,9-11H2,1-3H3,(H,17,19). The number of hydrogen-bond acceptors (Lipinski definition) is 6. The molecule has 2 unspecified atom stereocenters. The largest absolute Gasteiger partial charge is 0.391 e. The predicted molar refractivity (Wildman–Crippen MR) is 89.5 cm³/mol. The van der Waals surface area contributed by atoms with Gasteiger partial charge in [-0.3, -0.25) is 8.98 Å². The van der Waals surface area contributed by atoms with Gasteiger partial charge in [0.05, 0.1) is 19.0 Å². The molecule has 0 spiro atoms. The second-order valence-electron chi connectivity index (χ2n) is 6.31. The number of hydrogen-bond donors (Lipinski definition) is 3. The molecule has 0 saturated carbocycles. The number of amides is 1. The Morgan fingerprint density at radius 3 is 2.38 bits per heavy atom. The van der Waals surface area contributed by atoms with Crippen LogP contribution in [0.25, 0.3) is 0 Å². The summed E-state index contributed by atoms with van der Waals surface area (Å²) in [6.45, 7) is 2.46. The summed E-state index contributed by atoms with van der Waals surface area (Å²) in [5.74, 6) is -1.07. The first kappa shape index (κ1) is 20.6. The number of carbonyl (C=O) groups excluding carboxylic acids is 1. The molecule has 0 saturated heterocycles. The molecule has 0 heterocycles. The average Bonchev–Trinajstić information content (AvgIpc) is 2.43. The summed E-state index contributed by atoms with van der Waals surface area (Å²) >= 11 is 0. The molecule has 0 fully saturated rings. The number of aliphatic hydroxyl groups is 2. The lowest BCUT2D eigenvalue weighted by Crippen LogP contribution is -2.47. The highest BCUT2D eigenvalue weighted by molar-refractivity contribution is 7.85. The van der Waals surface area contributed by atoms with Gasteiger partial charge in [0.2, 0.25) is 5.91 Å². The summed E-state index contributed by atoms with van der Waals surface area (Å²) < 4.78 is 26.5. The molecule has 3 N–H and O–H groups in total. The predicted octanol–water partition coefficient (Wildman–Crippen LogP) is 0.417. The molecule has 0 aliphatic rings. The van der Waals surface area contributed by atoms with E-state index >= 15 is 0 Å². The van der Waals surface area contributed by atoms with Crippen LogP contribution in [0.5, 0.6) is 0 Å². The minimum Gasteiger partial charge on any atom is -0.391 e. The lowest BCUT2D eigenvalue weighted by Gasteiger charge is -2.25. The molecule has 1 aromatic rings. The van der Waals surface area contributed by atoms with Gasteiger partial charge in [0.1, 0.15) is 5.72 Å². The van der Waals surface area contributed by atoms with Crippen LogP contribution in [0.3, 0.4) is 0 Å². The first-order chi connectivity index (χ1) is 11.0. The third-order valence-corrected chi connectivity index (χ3v) is 3.72. The fraction of sp³-hybridized carbons (Fsp3) is 0.562. The van der Waals surface area contributed by atoms with Crippen LogP contribution in [0.2, 0.25) is 0 Å². The topological polar surface area (TPSA) is 113 Å². The van der Waals surface area contributed by atoms with Gasteiger partial charge >= 0.3 is 0 Å². The zero-order valence-corrected chi connectivity index (χ0v) is 14.9. The molecule has 1 rings (SSSR count). The molecular weight excluding hydrogens is 334 g/mol. The van der Waals surface area contributed by atoms with Crippen molar-refractivity contribution in [3.8, 4) is 0 Å². The molecule has 8 heteroatoms. The van der Waals surface area contributed by atoms with Gasteiger partial charge in [0.15, 0.2) is 0 Å². The summed E-state index contributed by atoms with van der Waals surface area (Å²) in [5.41, 5.74) is -0.495. The summed E-state index contributed by atoms with van der Waals surface area (Å²) in [4.78, 5) is 12.4. The van der Waals surface area contributed by atoms with Crippen molar-refractivity contribution in [1.82, 2.24) is 5.32 Å². The maximum atomic E-state index is 12.4. The minimum atomic E-state index is -3.66. The van der Waals surface area contributed by atoms with Gasteiger partial charge in [-0.2, -0.15) is 8.42 Å². The Hall–Kier alpha value is -1.48. The number of rotatable bonds is 9. The molecule has 0 radical (unpaired) electrons. The Balaban J connectivity index is 2.78. The second-order valence-corrected chi connectivity index (χ2v) is 7.96. The third kappa shape index (κ3) is 8.97. The van der Waals surface area contributed by atoms with Crippen molar-refractivity contribution in [1.29, 1.82) is 0 Å². The molecule has 24 heavy (non-hydrogen) atoms. The Morgan fingerprint density at radius 1 is 1.29 bits per heavy atom. The highest BCUT2D eigenvalue weighted by atomic mass is 32.2. The van der Waals surface area contributed by atoms with Gasteiger partial charge < -0.3 is 15.5 Å². The van der Waals surface area contributed by atoms with E-state index in [0.717, 1.165) is 11.8 Å². The van der Waals surface area contributed by atoms with Crippen molar-refractivity contribution in [2.24, 2.45) is 5.92 Å². The summed E-state index contributed by atoms with van der Waals surface area (Å²) in [6.07, 6.45) is 0.119. The maximum absolute atomic E-state index is 12.4. The quantitative estimate of drug-likeness (QED) is 0.435.